The molecule has 3 heterocycles. The number of imidazole rings is 1. The average molecular weight is 344 g/mol. The Hall–Kier alpha value is -2.48. The van der Waals surface area contributed by atoms with Crippen LogP contribution in [0.1, 0.15) is 22.7 Å². The first-order valence-electron chi connectivity index (χ1n) is 7.64. The van der Waals surface area contributed by atoms with Crippen LogP contribution < -0.4 is 4.90 Å². The lowest BCUT2D eigenvalue weighted by Crippen LogP contribution is -2.38. The van der Waals surface area contributed by atoms with E-state index in [0.29, 0.717) is 11.5 Å². The highest BCUT2D eigenvalue weighted by Crippen LogP contribution is 2.26. The zero-order valence-corrected chi connectivity index (χ0v) is 15.0. The van der Waals surface area contributed by atoms with Crippen molar-refractivity contribution in [3.05, 3.63) is 34.5 Å². The quantitative estimate of drug-likeness (QED) is 0.769. The topological polar surface area (TPSA) is 78.0 Å². The van der Waals surface area contributed by atoms with Gasteiger partial charge in [-0.25, -0.2) is 15.0 Å². The van der Waals surface area contributed by atoms with Crippen LogP contribution in [0.4, 0.5) is 5.82 Å². The van der Waals surface area contributed by atoms with Crippen LogP contribution in [0, 0.1) is 6.92 Å². The van der Waals surface area contributed by atoms with E-state index in [0.717, 1.165) is 5.52 Å². The van der Waals surface area contributed by atoms with Gasteiger partial charge in [0.05, 0.1) is 18.9 Å². The summed E-state index contributed by atoms with van der Waals surface area (Å²) in [6.45, 7) is 4.35. The number of fused-ring (bicyclic) bond motifs is 1. The second kappa shape index (κ2) is 6.56. The first-order chi connectivity index (χ1) is 11.5. The maximum atomic E-state index is 12.6. The molecule has 0 saturated carbocycles. The normalized spacial score (nSPS) is 12.3. The molecule has 126 valence electrons. The summed E-state index contributed by atoms with van der Waals surface area (Å²) in [7, 11) is 3.68. The van der Waals surface area contributed by atoms with Crippen LogP contribution in [0.25, 0.3) is 11.2 Å². The van der Waals surface area contributed by atoms with E-state index in [1.807, 2.05) is 25.9 Å². The fraction of sp³-hybridized carbons (Fsp3) is 0.375. The molecule has 1 N–H and O–H groups in total. The fourth-order valence-electron chi connectivity index (χ4n) is 2.52. The number of aryl methyl sites for hydroxylation is 1. The maximum absolute atomic E-state index is 12.6. The van der Waals surface area contributed by atoms with Gasteiger partial charge in [0.1, 0.15) is 11.8 Å². The molecule has 8 heteroatoms. The van der Waals surface area contributed by atoms with Crippen molar-refractivity contribution in [1.82, 2.24) is 24.8 Å². The molecule has 0 bridgehead atoms. The van der Waals surface area contributed by atoms with E-state index in [1.54, 1.807) is 22.6 Å². The highest BCUT2D eigenvalue weighted by Gasteiger charge is 2.21. The average Bonchev–Trinajstić information content (AvgIpc) is 3.21. The van der Waals surface area contributed by atoms with E-state index in [-0.39, 0.29) is 18.5 Å². The number of thiophene rings is 1. The number of anilines is 1. The number of hydrogen-bond donors (Lipinski definition) is 1. The number of rotatable bonds is 5. The minimum absolute atomic E-state index is 0.0299. The first-order valence-corrected chi connectivity index (χ1v) is 8.46. The Kier molecular flexibility index (Phi) is 4.48. The van der Waals surface area contributed by atoms with Crippen molar-refractivity contribution in [3.63, 3.8) is 0 Å². The van der Waals surface area contributed by atoms with Gasteiger partial charge in [0.15, 0.2) is 11.5 Å². The van der Waals surface area contributed by atoms with Gasteiger partial charge in [0, 0.05) is 23.8 Å². The molecule has 3 aromatic heterocycles. The second-order valence-electron chi connectivity index (χ2n) is 5.78. The van der Waals surface area contributed by atoms with Crippen LogP contribution in [0.15, 0.2) is 24.8 Å². The highest BCUT2D eigenvalue weighted by atomic mass is 32.1. The van der Waals surface area contributed by atoms with Crippen LogP contribution in [0.3, 0.4) is 0 Å². The monoisotopic (exact) mass is 344 g/mol. The summed E-state index contributed by atoms with van der Waals surface area (Å²) < 4.78 is 0. The van der Waals surface area contributed by atoms with Crippen molar-refractivity contribution < 1.29 is 4.79 Å². The van der Waals surface area contributed by atoms with Crippen LogP contribution in [-0.2, 0) is 4.79 Å². The molecule has 0 fully saturated rings. The van der Waals surface area contributed by atoms with Crippen LogP contribution >= 0.6 is 11.3 Å². The van der Waals surface area contributed by atoms with E-state index >= 15 is 0 Å². The number of carbonyl (C=O) groups is 1. The summed E-state index contributed by atoms with van der Waals surface area (Å²) in [6, 6.07) is 4.20. The van der Waals surface area contributed by atoms with Gasteiger partial charge in [-0.1, -0.05) is 0 Å². The number of H-pyrrole nitrogens is 1. The Labute approximate surface area is 144 Å². The van der Waals surface area contributed by atoms with Gasteiger partial charge in [-0.3, -0.25) is 4.79 Å². The molecule has 0 aliphatic rings. The molecule has 0 saturated heterocycles. The number of aromatic amines is 1. The predicted molar refractivity (Wildman–Crippen MR) is 95.2 cm³/mol. The van der Waals surface area contributed by atoms with Gasteiger partial charge >= 0.3 is 0 Å². The highest BCUT2D eigenvalue weighted by molar-refractivity contribution is 7.12. The molecule has 0 aliphatic heterocycles. The van der Waals surface area contributed by atoms with Gasteiger partial charge in [0.2, 0.25) is 5.91 Å². The van der Waals surface area contributed by atoms with Crippen LogP contribution in [0.5, 0.6) is 0 Å². The number of aromatic nitrogens is 4. The van der Waals surface area contributed by atoms with Crippen LogP contribution in [0.2, 0.25) is 0 Å². The number of likely N-dealkylation sites (N-methyl/N-ethyl adjacent to an activating group) is 2. The standard InChI is InChI=1S/C16H20N6OS/c1-10-5-6-12(24-10)11(2)22(4)13(23)7-21(3)16-14-15(18-8-17-14)19-9-20-16/h5-6,8-9,11H,7H2,1-4H3,(H,17,18,19,20)/t11-/m1/s1. The van der Waals surface area contributed by atoms with Gasteiger partial charge in [0.25, 0.3) is 0 Å². The Morgan fingerprint density at radius 1 is 1.29 bits per heavy atom. The van der Waals surface area contributed by atoms with E-state index in [9.17, 15) is 4.79 Å². The molecule has 24 heavy (non-hydrogen) atoms. The lowest BCUT2D eigenvalue weighted by Gasteiger charge is -2.27. The minimum Gasteiger partial charge on any atom is -0.348 e. The van der Waals surface area contributed by atoms with Crippen molar-refractivity contribution >= 4 is 34.2 Å². The van der Waals surface area contributed by atoms with Crippen molar-refractivity contribution in [2.24, 2.45) is 0 Å². The van der Waals surface area contributed by atoms with E-state index in [2.05, 4.69) is 39.0 Å². The third kappa shape index (κ3) is 3.09. The number of nitrogens with zero attached hydrogens (tertiary/aromatic N) is 5. The summed E-state index contributed by atoms with van der Waals surface area (Å²) in [4.78, 5) is 34.2. The van der Waals surface area contributed by atoms with E-state index in [1.165, 1.54) is 16.1 Å². The predicted octanol–water partition coefficient (Wildman–Crippen LogP) is 2.38. The summed E-state index contributed by atoms with van der Waals surface area (Å²) in [5, 5.41) is 0. The molecule has 7 nitrogen and oxygen atoms in total. The third-order valence-corrected chi connectivity index (χ3v) is 5.26. The summed E-state index contributed by atoms with van der Waals surface area (Å²) in [6.07, 6.45) is 3.03. The molecule has 1 atom stereocenters. The number of carbonyl (C=O) groups excluding carboxylic acids is 1. The molecule has 0 radical (unpaired) electrons. The van der Waals surface area contributed by atoms with Crippen molar-refractivity contribution in [2.45, 2.75) is 19.9 Å². The van der Waals surface area contributed by atoms with Gasteiger partial charge in [-0.05, 0) is 26.0 Å². The molecular formula is C16H20N6OS. The van der Waals surface area contributed by atoms with Gasteiger partial charge < -0.3 is 14.8 Å². The Bertz CT molecular complexity index is 857. The first kappa shape index (κ1) is 16.4. The molecular weight excluding hydrogens is 324 g/mol. The van der Waals surface area contributed by atoms with E-state index in [4.69, 9.17) is 0 Å². The Morgan fingerprint density at radius 3 is 2.79 bits per heavy atom. The molecule has 0 unspecified atom stereocenters. The minimum atomic E-state index is 0.0299. The maximum Gasteiger partial charge on any atom is 0.242 e. The van der Waals surface area contributed by atoms with Crippen molar-refractivity contribution in [3.8, 4) is 0 Å². The van der Waals surface area contributed by atoms with Crippen LogP contribution in [-0.4, -0.2) is 51.4 Å². The Morgan fingerprint density at radius 2 is 2.08 bits per heavy atom. The van der Waals surface area contributed by atoms with Gasteiger partial charge in [-0.15, -0.1) is 11.3 Å². The lowest BCUT2D eigenvalue weighted by atomic mass is 10.2. The lowest BCUT2D eigenvalue weighted by molar-refractivity contribution is -0.130. The van der Waals surface area contributed by atoms with Gasteiger partial charge in [-0.2, -0.15) is 0 Å². The van der Waals surface area contributed by atoms with Crippen molar-refractivity contribution in [2.75, 3.05) is 25.5 Å². The third-order valence-electron chi connectivity index (χ3n) is 4.08. The molecule has 0 aromatic carbocycles. The Balaban J connectivity index is 1.73. The number of nitrogens with one attached hydrogen (secondary N) is 1. The summed E-state index contributed by atoms with van der Waals surface area (Å²) in [5.41, 5.74) is 1.33. The fourth-order valence-corrected chi connectivity index (χ4v) is 3.49. The summed E-state index contributed by atoms with van der Waals surface area (Å²) in [5.74, 6) is 0.696. The molecule has 3 aromatic rings. The molecule has 1 amide bonds. The smallest absolute Gasteiger partial charge is 0.242 e. The number of amides is 1. The largest absolute Gasteiger partial charge is 0.348 e. The van der Waals surface area contributed by atoms with E-state index < -0.39 is 0 Å². The summed E-state index contributed by atoms with van der Waals surface area (Å²) >= 11 is 1.72. The molecule has 0 spiro atoms. The zero-order chi connectivity index (χ0) is 17.3. The second-order valence-corrected chi connectivity index (χ2v) is 7.10. The SMILES string of the molecule is Cc1ccc([C@@H](C)N(C)C(=O)CN(C)c2ncnc3nc[nH]c23)s1. The molecule has 0 aliphatic carbocycles. The number of hydrogen-bond acceptors (Lipinski definition) is 6. The zero-order valence-electron chi connectivity index (χ0n) is 14.1. The molecule has 3 rings (SSSR count). The van der Waals surface area contributed by atoms with Crippen molar-refractivity contribution in [1.29, 1.82) is 0 Å².